The molecule has 1 aliphatic rings. The predicted octanol–water partition coefficient (Wildman–Crippen LogP) is 1.01. The Kier molecular flexibility index (Phi) is 2.59. The van der Waals surface area contributed by atoms with Crippen LogP contribution in [0.2, 0.25) is 0 Å². The lowest BCUT2D eigenvalue weighted by Crippen LogP contribution is -2.24. The van der Waals surface area contributed by atoms with Crippen molar-refractivity contribution in [3.8, 4) is 11.5 Å². The molecule has 1 heterocycles. The second kappa shape index (κ2) is 3.61. The van der Waals surface area contributed by atoms with Crippen LogP contribution in [0.1, 0.15) is 19.4 Å². The summed E-state index contributed by atoms with van der Waals surface area (Å²) in [7, 11) is -2.21. The molecule has 0 saturated heterocycles. The van der Waals surface area contributed by atoms with Crippen LogP contribution in [0.25, 0.3) is 0 Å². The molecule has 0 radical (unpaired) electrons. The van der Waals surface area contributed by atoms with Crippen LogP contribution >= 0.6 is 0 Å². The van der Waals surface area contributed by atoms with E-state index in [2.05, 4.69) is 4.72 Å². The fourth-order valence-corrected chi connectivity index (χ4v) is 2.74. The molecule has 1 aliphatic heterocycles. The van der Waals surface area contributed by atoms with Gasteiger partial charge in [-0.3, -0.25) is 0 Å². The normalized spacial score (nSPS) is 17.6. The molecule has 0 atom stereocenters. The molecule has 6 heteroatoms. The average molecular weight is 257 g/mol. The Hall–Kier alpha value is -1.27. The van der Waals surface area contributed by atoms with Gasteiger partial charge in [-0.1, -0.05) is 0 Å². The van der Waals surface area contributed by atoms with E-state index in [1.807, 2.05) is 13.8 Å². The topological polar surface area (TPSA) is 75.6 Å². The zero-order valence-electron chi connectivity index (χ0n) is 9.94. The molecular formula is C11H15NO4S. The van der Waals surface area contributed by atoms with E-state index in [0.717, 1.165) is 0 Å². The molecule has 0 amide bonds. The lowest BCUT2D eigenvalue weighted by atomic mass is 10.0. The highest BCUT2D eigenvalue weighted by molar-refractivity contribution is 7.89. The van der Waals surface area contributed by atoms with Crippen molar-refractivity contribution in [3.05, 3.63) is 17.7 Å². The number of phenols is 1. The predicted molar refractivity (Wildman–Crippen MR) is 62.8 cm³/mol. The third-order valence-corrected chi connectivity index (χ3v) is 4.09. The Morgan fingerprint density at radius 2 is 2.06 bits per heavy atom. The molecule has 0 saturated carbocycles. The molecule has 0 aliphatic carbocycles. The van der Waals surface area contributed by atoms with Crippen molar-refractivity contribution in [3.63, 3.8) is 0 Å². The van der Waals surface area contributed by atoms with Gasteiger partial charge < -0.3 is 9.84 Å². The minimum absolute atomic E-state index is 0.0533. The summed E-state index contributed by atoms with van der Waals surface area (Å²) in [6.07, 6.45) is 0.572. The number of ether oxygens (including phenoxy) is 1. The van der Waals surface area contributed by atoms with Crippen molar-refractivity contribution in [2.75, 3.05) is 7.05 Å². The third-order valence-electron chi connectivity index (χ3n) is 2.69. The average Bonchev–Trinajstić information content (AvgIpc) is 2.53. The number of fused-ring (bicyclic) bond motifs is 1. The Balaban J connectivity index is 2.55. The van der Waals surface area contributed by atoms with Crippen molar-refractivity contribution in [2.45, 2.75) is 30.8 Å². The van der Waals surface area contributed by atoms with Gasteiger partial charge in [0, 0.05) is 18.1 Å². The van der Waals surface area contributed by atoms with Crippen molar-refractivity contribution >= 4 is 10.0 Å². The molecule has 0 aromatic heterocycles. The van der Waals surface area contributed by atoms with Gasteiger partial charge in [0.15, 0.2) is 11.5 Å². The second-order valence-electron chi connectivity index (χ2n) is 4.68. The number of aromatic hydroxyl groups is 1. The molecule has 1 aromatic carbocycles. The van der Waals surface area contributed by atoms with Gasteiger partial charge in [-0.05, 0) is 27.0 Å². The summed E-state index contributed by atoms with van der Waals surface area (Å²) in [4.78, 5) is 0.0533. The molecular weight excluding hydrogens is 242 g/mol. The van der Waals surface area contributed by atoms with Crippen LogP contribution in [0.15, 0.2) is 17.0 Å². The molecule has 0 fully saturated rings. The number of hydrogen-bond donors (Lipinski definition) is 2. The minimum Gasteiger partial charge on any atom is -0.504 e. The number of rotatable bonds is 2. The lowest BCUT2D eigenvalue weighted by molar-refractivity contribution is 0.134. The van der Waals surface area contributed by atoms with Crippen LogP contribution in [-0.2, 0) is 16.4 Å². The molecule has 2 rings (SSSR count). The zero-order chi connectivity index (χ0) is 12.8. The Morgan fingerprint density at radius 3 is 2.65 bits per heavy atom. The number of benzene rings is 1. The van der Waals surface area contributed by atoms with Crippen molar-refractivity contribution in [1.29, 1.82) is 0 Å². The van der Waals surface area contributed by atoms with Crippen LogP contribution < -0.4 is 9.46 Å². The van der Waals surface area contributed by atoms with Gasteiger partial charge in [-0.25, -0.2) is 13.1 Å². The maximum absolute atomic E-state index is 11.7. The third kappa shape index (κ3) is 2.10. The molecule has 0 bridgehead atoms. The molecule has 0 spiro atoms. The number of phenolic OH excluding ortho intramolecular Hbond substituents is 1. The summed E-state index contributed by atoms with van der Waals surface area (Å²) in [5.74, 6) is 0.243. The maximum Gasteiger partial charge on any atom is 0.240 e. The van der Waals surface area contributed by atoms with E-state index in [-0.39, 0.29) is 10.6 Å². The summed E-state index contributed by atoms with van der Waals surface area (Å²) in [6, 6.07) is 2.74. The van der Waals surface area contributed by atoms with Crippen LogP contribution in [0.4, 0.5) is 0 Å². The molecule has 94 valence electrons. The fraction of sp³-hybridized carbons (Fsp3) is 0.455. The Morgan fingerprint density at radius 1 is 1.41 bits per heavy atom. The number of hydrogen-bond acceptors (Lipinski definition) is 4. The quantitative estimate of drug-likeness (QED) is 0.829. The summed E-state index contributed by atoms with van der Waals surface area (Å²) >= 11 is 0. The molecule has 5 nitrogen and oxygen atoms in total. The smallest absolute Gasteiger partial charge is 0.240 e. The van der Waals surface area contributed by atoms with Gasteiger partial charge in [0.05, 0.1) is 4.90 Å². The summed E-state index contributed by atoms with van der Waals surface area (Å²) in [5.41, 5.74) is 0.297. The minimum atomic E-state index is -3.55. The maximum atomic E-state index is 11.7. The van der Waals surface area contributed by atoms with Gasteiger partial charge in [0.1, 0.15) is 5.60 Å². The van der Waals surface area contributed by atoms with E-state index in [4.69, 9.17) is 4.74 Å². The molecule has 2 N–H and O–H groups in total. The van der Waals surface area contributed by atoms with Crippen molar-refractivity contribution in [2.24, 2.45) is 0 Å². The standard InChI is InChI=1S/C11H15NO4S/c1-11(2)6-7-4-8(17(14,15)12-3)5-9(13)10(7)16-11/h4-5,12-13H,6H2,1-3H3. The lowest BCUT2D eigenvalue weighted by Gasteiger charge is -2.17. The Bertz CT molecular complexity index is 563. The molecule has 0 unspecified atom stereocenters. The zero-order valence-corrected chi connectivity index (χ0v) is 10.8. The highest BCUT2D eigenvalue weighted by Crippen LogP contribution is 2.42. The summed E-state index contributed by atoms with van der Waals surface area (Å²) in [5, 5.41) is 9.79. The van der Waals surface area contributed by atoms with Gasteiger partial charge in [-0.15, -0.1) is 0 Å². The monoisotopic (exact) mass is 257 g/mol. The van der Waals surface area contributed by atoms with E-state index in [1.54, 1.807) is 0 Å². The number of sulfonamides is 1. The van der Waals surface area contributed by atoms with Gasteiger partial charge in [0.2, 0.25) is 10.0 Å². The highest BCUT2D eigenvalue weighted by atomic mass is 32.2. The largest absolute Gasteiger partial charge is 0.504 e. The van der Waals surface area contributed by atoms with Crippen LogP contribution in [-0.4, -0.2) is 26.2 Å². The first kappa shape index (κ1) is 12.2. The van der Waals surface area contributed by atoms with Gasteiger partial charge in [0.25, 0.3) is 0 Å². The Labute approximate surface area is 100 Å². The SMILES string of the molecule is CNS(=O)(=O)c1cc(O)c2c(c1)CC(C)(C)O2. The van der Waals surface area contributed by atoms with E-state index >= 15 is 0 Å². The first-order valence-corrected chi connectivity index (χ1v) is 6.72. The van der Waals surface area contributed by atoms with E-state index < -0.39 is 15.6 Å². The number of nitrogens with one attached hydrogen (secondary N) is 1. The van der Waals surface area contributed by atoms with Gasteiger partial charge in [-0.2, -0.15) is 0 Å². The van der Waals surface area contributed by atoms with Gasteiger partial charge >= 0.3 is 0 Å². The first-order chi connectivity index (χ1) is 7.75. The van der Waals surface area contributed by atoms with Crippen LogP contribution in [0, 0.1) is 0 Å². The summed E-state index contributed by atoms with van der Waals surface area (Å²) in [6.45, 7) is 3.78. The second-order valence-corrected chi connectivity index (χ2v) is 6.56. The molecule has 1 aromatic rings. The first-order valence-electron chi connectivity index (χ1n) is 5.24. The van der Waals surface area contributed by atoms with E-state index in [9.17, 15) is 13.5 Å². The van der Waals surface area contributed by atoms with E-state index in [1.165, 1.54) is 19.2 Å². The molecule has 17 heavy (non-hydrogen) atoms. The summed E-state index contributed by atoms with van der Waals surface area (Å²) < 4.78 is 31.1. The van der Waals surface area contributed by atoms with Crippen LogP contribution in [0.3, 0.4) is 0 Å². The fourth-order valence-electron chi connectivity index (χ4n) is 1.94. The van der Waals surface area contributed by atoms with Crippen LogP contribution in [0.5, 0.6) is 11.5 Å². The van der Waals surface area contributed by atoms with Crippen molar-refractivity contribution < 1.29 is 18.3 Å². The van der Waals surface area contributed by atoms with E-state index in [0.29, 0.717) is 17.7 Å². The van der Waals surface area contributed by atoms with Crippen molar-refractivity contribution in [1.82, 2.24) is 4.72 Å². The highest BCUT2D eigenvalue weighted by Gasteiger charge is 2.33.